The molecule has 1 aliphatic heterocycles. The lowest BCUT2D eigenvalue weighted by molar-refractivity contribution is -0.134. The molecule has 2 aromatic rings. The van der Waals surface area contributed by atoms with Gasteiger partial charge in [-0.25, -0.2) is 8.42 Å². The van der Waals surface area contributed by atoms with Crippen LogP contribution in [0.2, 0.25) is 0 Å². The Balaban J connectivity index is 2.03. The summed E-state index contributed by atoms with van der Waals surface area (Å²) in [5.41, 5.74) is 1.77. The molecule has 0 amide bonds. The van der Waals surface area contributed by atoms with Crippen molar-refractivity contribution >= 4 is 21.2 Å². The Labute approximate surface area is 117 Å². The highest BCUT2D eigenvalue weighted by Gasteiger charge is 2.32. The minimum absolute atomic E-state index is 0.0726. The minimum Gasteiger partial charge on any atom is -0.224 e. The normalized spacial score (nSPS) is 17.1. The highest BCUT2D eigenvalue weighted by Crippen LogP contribution is 2.38. The molecule has 2 heterocycles. The molecule has 0 radical (unpaired) electrons. The van der Waals surface area contributed by atoms with E-state index in [1.54, 1.807) is 12.1 Å². The zero-order valence-electron chi connectivity index (χ0n) is 10.1. The lowest BCUT2D eigenvalue weighted by Crippen LogP contribution is -2.00. The average Bonchev–Trinajstić information content (AvgIpc) is 2.94. The molecule has 0 atom stereocenters. The van der Waals surface area contributed by atoms with Gasteiger partial charge < -0.3 is 0 Å². The van der Waals surface area contributed by atoms with E-state index in [1.807, 2.05) is 0 Å². The van der Waals surface area contributed by atoms with E-state index in [0.29, 0.717) is 39.3 Å². The number of hydrogen-bond acceptors (Lipinski definition) is 3. The van der Waals surface area contributed by atoms with Crippen LogP contribution in [0.3, 0.4) is 0 Å². The zero-order chi connectivity index (χ0) is 14.5. The van der Waals surface area contributed by atoms with E-state index >= 15 is 0 Å². The first-order valence-corrected chi connectivity index (χ1v) is 8.32. The predicted octanol–water partition coefficient (Wildman–Crippen LogP) is 3.76. The van der Waals surface area contributed by atoms with Crippen LogP contribution in [0, 0.1) is 0 Å². The van der Waals surface area contributed by atoms with Crippen LogP contribution in [0.1, 0.15) is 10.4 Å². The van der Waals surface area contributed by atoms with Gasteiger partial charge in [-0.1, -0.05) is 6.07 Å². The smallest absolute Gasteiger partial charge is 0.224 e. The molecule has 1 aliphatic rings. The number of halogens is 3. The number of sulfone groups is 1. The summed E-state index contributed by atoms with van der Waals surface area (Å²) in [6.07, 6.45) is -3.93. The van der Waals surface area contributed by atoms with Crippen LogP contribution in [0.5, 0.6) is 0 Å². The molecule has 7 heteroatoms. The molecular formula is C13H9F3O2S2. The van der Waals surface area contributed by atoms with E-state index in [4.69, 9.17) is 0 Å². The van der Waals surface area contributed by atoms with Crippen LogP contribution >= 0.6 is 11.3 Å². The fourth-order valence-corrected chi connectivity index (χ4v) is 4.58. The van der Waals surface area contributed by atoms with Gasteiger partial charge in [0.1, 0.15) is 4.88 Å². The molecule has 0 spiro atoms. The first-order valence-electron chi connectivity index (χ1n) is 5.79. The summed E-state index contributed by atoms with van der Waals surface area (Å²) >= 11 is 0.641. The van der Waals surface area contributed by atoms with Gasteiger partial charge in [0.05, 0.1) is 10.6 Å². The third-order valence-electron chi connectivity index (χ3n) is 3.25. The summed E-state index contributed by atoms with van der Waals surface area (Å²) in [5, 5.41) is 1.44. The molecule has 0 bridgehead atoms. The van der Waals surface area contributed by atoms with Crippen molar-refractivity contribution < 1.29 is 21.6 Å². The van der Waals surface area contributed by atoms with Crippen molar-refractivity contribution in [3.8, 4) is 11.1 Å². The third-order valence-corrected chi connectivity index (χ3v) is 6.03. The third kappa shape index (κ3) is 2.25. The molecule has 3 rings (SSSR count). The van der Waals surface area contributed by atoms with Crippen molar-refractivity contribution in [2.75, 3.05) is 5.75 Å². The maximum absolute atomic E-state index is 12.6. The summed E-state index contributed by atoms with van der Waals surface area (Å²) in [5.74, 6) is 0.0726. The van der Waals surface area contributed by atoms with E-state index in [2.05, 4.69) is 0 Å². The van der Waals surface area contributed by atoms with Crippen LogP contribution in [0.25, 0.3) is 11.1 Å². The van der Waals surface area contributed by atoms with Crippen molar-refractivity contribution in [3.63, 3.8) is 0 Å². The Bertz CT molecular complexity index is 773. The first-order chi connectivity index (χ1) is 9.27. The average molecular weight is 318 g/mol. The number of aryl methyl sites for hydroxylation is 1. The summed E-state index contributed by atoms with van der Waals surface area (Å²) < 4.78 is 61.1. The van der Waals surface area contributed by atoms with Gasteiger partial charge in [-0.15, -0.1) is 11.3 Å². The number of fused-ring (bicyclic) bond motifs is 1. The molecular weight excluding hydrogens is 309 g/mol. The van der Waals surface area contributed by atoms with Crippen molar-refractivity contribution in [2.24, 2.45) is 0 Å². The molecule has 0 saturated heterocycles. The van der Waals surface area contributed by atoms with Gasteiger partial charge >= 0.3 is 6.18 Å². The van der Waals surface area contributed by atoms with Crippen molar-refractivity contribution in [1.29, 1.82) is 0 Å². The van der Waals surface area contributed by atoms with E-state index < -0.39 is 20.9 Å². The lowest BCUT2D eigenvalue weighted by atomic mass is 10.0. The van der Waals surface area contributed by atoms with E-state index in [0.717, 1.165) is 6.07 Å². The maximum atomic E-state index is 12.6. The fourth-order valence-electron chi connectivity index (χ4n) is 2.25. The second kappa shape index (κ2) is 4.33. The molecule has 106 valence electrons. The lowest BCUT2D eigenvalue weighted by Gasteiger charge is -2.03. The molecule has 0 aliphatic carbocycles. The van der Waals surface area contributed by atoms with Gasteiger partial charge in [0.25, 0.3) is 0 Å². The van der Waals surface area contributed by atoms with Crippen molar-refractivity contribution in [1.82, 2.24) is 0 Å². The van der Waals surface area contributed by atoms with Gasteiger partial charge in [-0.05, 0) is 46.7 Å². The second-order valence-electron chi connectivity index (χ2n) is 4.59. The molecule has 0 fully saturated rings. The Kier molecular flexibility index (Phi) is 2.95. The summed E-state index contributed by atoms with van der Waals surface area (Å²) in [6.45, 7) is 0. The number of benzene rings is 1. The van der Waals surface area contributed by atoms with Gasteiger partial charge in [0.15, 0.2) is 9.84 Å². The predicted molar refractivity (Wildman–Crippen MR) is 70.5 cm³/mol. The van der Waals surface area contributed by atoms with Crippen LogP contribution in [-0.4, -0.2) is 14.2 Å². The Morgan fingerprint density at radius 1 is 1.10 bits per heavy atom. The van der Waals surface area contributed by atoms with Gasteiger partial charge in [-0.2, -0.15) is 13.2 Å². The van der Waals surface area contributed by atoms with Gasteiger partial charge in [0, 0.05) is 0 Å². The maximum Gasteiger partial charge on any atom is 0.425 e. The quantitative estimate of drug-likeness (QED) is 0.802. The van der Waals surface area contributed by atoms with Crippen LogP contribution < -0.4 is 0 Å². The number of alkyl halides is 3. The molecule has 1 aromatic carbocycles. The van der Waals surface area contributed by atoms with Crippen LogP contribution in [-0.2, 0) is 22.4 Å². The molecule has 2 nitrogen and oxygen atoms in total. The van der Waals surface area contributed by atoms with Crippen LogP contribution in [0.15, 0.2) is 34.5 Å². The van der Waals surface area contributed by atoms with Crippen molar-refractivity contribution in [3.05, 3.63) is 40.1 Å². The molecule has 0 unspecified atom stereocenters. The van der Waals surface area contributed by atoms with Crippen LogP contribution in [0.4, 0.5) is 13.2 Å². The molecule has 1 aromatic heterocycles. The number of hydrogen-bond donors (Lipinski definition) is 0. The fraction of sp³-hybridized carbons (Fsp3) is 0.231. The number of rotatable bonds is 1. The van der Waals surface area contributed by atoms with E-state index in [1.165, 1.54) is 11.4 Å². The second-order valence-corrected chi connectivity index (χ2v) is 7.58. The molecule has 20 heavy (non-hydrogen) atoms. The Hall–Kier alpha value is -1.34. The van der Waals surface area contributed by atoms with E-state index in [-0.39, 0.29) is 5.75 Å². The Morgan fingerprint density at radius 3 is 2.50 bits per heavy atom. The highest BCUT2D eigenvalue weighted by molar-refractivity contribution is 7.91. The topological polar surface area (TPSA) is 34.1 Å². The Morgan fingerprint density at radius 2 is 1.85 bits per heavy atom. The molecule has 0 saturated carbocycles. The first kappa shape index (κ1) is 13.6. The van der Waals surface area contributed by atoms with Gasteiger partial charge in [0.2, 0.25) is 0 Å². The SMILES string of the molecule is O=S1(=O)CCc2cc(-c3csc(C(F)(F)F)c3)ccc21. The largest absolute Gasteiger partial charge is 0.425 e. The van der Waals surface area contributed by atoms with E-state index in [9.17, 15) is 21.6 Å². The monoisotopic (exact) mass is 318 g/mol. The number of thiophene rings is 1. The zero-order valence-corrected chi connectivity index (χ0v) is 11.7. The molecule has 0 N–H and O–H groups in total. The van der Waals surface area contributed by atoms with Gasteiger partial charge in [-0.3, -0.25) is 0 Å². The summed E-state index contributed by atoms with van der Waals surface area (Å²) in [6, 6.07) is 5.81. The highest BCUT2D eigenvalue weighted by atomic mass is 32.2. The van der Waals surface area contributed by atoms with Crippen molar-refractivity contribution in [2.45, 2.75) is 17.5 Å². The summed E-state index contributed by atoms with van der Waals surface area (Å²) in [7, 11) is -3.20. The standard InChI is InChI=1S/C13H9F3O2S2/c14-13(15,16)12-6-10(7-19-12)8-1-2-11-9(5-8)3-4-20(11,17)18/h1-2,5-7H,3-4H2. The minimum atomic E-state index is -4.34. The summed E-state index contributed by atoms with van der Waals surface area (Å²) in [4.78, 5) is -0.354.